The molecule has 3 aliphatic rings. The lowest BCUT2D eigenvalue weighted by Crippen LogP contribution is -2.30. The van der Waals surface area contributed by atoms with Crippen molar-refractivity contribution in [3.05, 3.63) is 47.0 Å². The van der Waals surface area contributed by atoms with Gasteiger partial charge < -0.3 is 0 Å². The van der Waals surface area contributed by atoms with Crippen LogP contribution >= 0.6 is 0 Å². The summed E-state index contributed by atoms with van der Waals surface area (Å²) in [7, 11) is 0. The van der Waals surface area contributed by atoms with Crippen molar-refractivity contribution >= 4 is 0 Å². The summed E-state index contributed by atoms with van der Waals surface area (Å²) in [5.41, 5.74) is 3.68. The Morgan fingerprint density at radius 2 is 1.81 bits per heavy atom. The van der Waals surface area contributed by atoms with Gasteiger partial charge in [0.05, 0.1) is 6.33 Å². The van der Waals surface area contributed by atoms with E-state index < -0.39 is 0 Å². The monoisotopic (exact) mass is 372 g/mol. The third-order valence-corrected chi connectivity index (χ3v) is 7.78. The number of hydrogen-bond donors (Lipinski definition) is 0. The maximum Gasteiger partial charge on any atom is 0.126 e. The Kier molecular flexibility index (Phi) is 5.99. The summed E-state index contributed by atoms with van der Waals surface area (Å²) >= 11 is 0. The first kappa shape index (κ1) is 19.2. The van der Waals surface area contributed by atoms with Gasteiger partial charge in [0.15, 0.2) is 0 Å². The van der Waals surface area contributed by atoms with Gasteiger partial charge in [0.2, 0.25) is 0 Å². The van der Waals surface area contributed by atoms with Gasteiger partial charge in [-0.1, -0.05) is 31.9 Å². The summed E-state index contributed by atoms with van der Waals surface area (Å²) in [6.45, 7) is 2.25. The predicted octanol–water partition coefficient (Wildman–Crippen LogP) is 7.51. The van der Waals surface area contributed by atoms with E-state index in [4.69, 9.17) is 0 Å². The van der Waals surface area contributed by atoms with Crippen molar-refractivity contribution in [2.24, 2.45) is 23.7 Å². The summed E-state index contributed by atoms with van der Waals surface area (Å²) in [5.74, 6) is 3.02. The number of rotatable bonds is 4. The fourth-order valence-corrected chi connectivity index (χ4v) is 6.33. The van der Waals surface area contributed by atoms with Gasteiger partial charge in [0.1, 0.15) is 5.82 Å². The van der Waals surface area contributed by atoms with E-state index in [1.165, 1.54) is 43.2 Å². The molecule has 0 radical (unpaired) electrons. The Bertz CT molecular complexity index is 677. The molecular formula is C25H34F2. The average molecular weight is 373 g/mol. The molecule has 5 atom stereocenters. The quantitative estimate of drug-likeness (QED) is 0.513. The van der Waals surface area contributed by atoms with Crippen molar-refractivity contribution < 1.29 is 8.78 Å². The number of aryl methyl sites for hydroxylation is 1. The van der Waals surface area contributed by atoms with E-state index in [1.807, 2.05) is 6.07 Å². The van der Waals surface area contributed by atoms with Crippen LogP contribution in [0.4, 0.5) is 8.78 Å². The van der Waals surface area contributed by atoms with Crippen LogP contribution in [0.15, 0.2) is 24.5 Å². The van der Waals surface area contributed by atoms with Gasteiger partial charge in [-0.25, -0.2) is 8.78 Å². The zero-order chi connectivity index (χ0) is 18.8. The molecule has 0 nitrogen and oxygen atoms in total. The van der Waals surface area contributed by atoms with Crippen molar-refractivity contribution in [2.75, 3.05) is 0 Å². The lowest BCUT2D eigenvalue weighted by molar-refractivity contribution is 0.132. The SMILES string of the molecule is CCCC1CCc2cc(C3CCC4CC(/C=C/F)CCC4C3)c(F)cc2C1. The molecule has 27 heavy (non-hydrogen) atoms. The highest BCUT2D eigenvalue weighted by Gasteiger charge is 2.36. The maximum absolute atomic E-state index is 15.0. The minimum absolute atomic E-state index is 0.0448. The molecule has 3 aliphatic carbocycles. The van der Waals surface area contributed by atoms with Crippen LogP contribution in [0, 0.1) is 29.5 Å². The van der Waals surface area contributed by atoms with Crippen LogP contribution in [-0.4, -0.2) is 0 Å². The maximum atomic E-state index is 15.0. The molecule has 5 unspecified atom stereocenters. The van der Waals surface area contributed by atoms with Gasteiger partial charge in [-0.2, -0.15) is 0 Å². The van der Waals surface area contributed by atoms with Crippen LogP contribution in [-0.2, 0) is 12.8 Å². The average Bonchev–Trinajstić information content (AvgIpc) is 2.67. The van der Waals surface area contributed by atoms with E-state index in [2.05, 4.69) is 13.0 Å². The van der Waals surface area contributed by atoms with Gasteiger partial charge in [0.25, 0.3) is 0 Å². The topological polar surface area (TPSA) is 0 Å². The molecule has 0 amide bonds. The fraction of sp³-hybridized carbons (Fsp3) is 0.680. The van der Waals surface area contributed by atoms with Gasteiger partial charge in [0, 0.05) is 0 Å². The number of hydrogen-bond acceptors (Lipinski definition) is 0. The fourth-order valence-electron chi connectivity index (χ4n) is 6.33. The smallest absolute Gasteiger partial charge is 0.126 e. The van der Waals surface area contributed by atoms with Crippen LogP contribution in [0.3, 0.4) is 0 Å². The van der Waals surface area contributed by atoms with Crippen LogP contribution < -0.4 is 0 Å². The second-order valence-corrected chi connectivity index (χ2v) is 9.46. The molecule has 2 saturated carbocycles. The summed E-state index contributed by atoms with van der Waals surface area (Å²) in [4.78, 5) is 0. The first-order valence-electron chi connectivity index (χ1n) is 11.3. The van der Waals surface area contributed by atoms with E-state index in [-0.39, 0.29) is 5.82 Å². The Morgan fingerprint density at radius 3 is 2.63 bits per heavy atom. The van der Waals surface area contributed by atoms with Gasteiger partial charge in [-0.15, -0.1) is 0 Å². The van der Waals surface area contributed by atoms with Gasteiger partial charge in [-0.3, -0.25) is 0 Å². The second-order valence-electron chi connectivity index (χ2n) is 9.46. The van der Waals surface area contributed by atoms with E-state index >= 15 is 4.39 Å². The molecule has 0 aliphatic heterocycles. The van der Waals surface area contributed by atoms with Crippen molar-refractivity contribution in [3.8, 4) is 0 Å². The predicted molar refractivity (Wildman–Crippen MR) is 108 cm³/mol. The highest BCUT2D eigenvalue weighted by Crippen LogP contribution is 2.48. The highest BCUT2D eigenvalue weighted by molar-refractivity contribution is 5.37. The van der Waals surface area contributed by atoms with E-state index in [0.717, 1.165) is 56.3 Å². The number of benzene rings is 1. The molecule has 2 heteroatoms. The minimum Gasteiger partial charge on any atom is -0.216 e. The number of fused-ring (bicyclic) bond motifs is 2. The lowest BCUT2D eigenvalue weighted by Gasteiger charge is -2.42. The lowest BCUT2D eigenvalue weighted by atomic mass is 9.63. The van der Waals surface area contributed by atoms with Crippen LogP contribution in [0.5, 0.6) is 0 Å². The molecule has 0 saturated heterocycles. The van der Waals surface area contributed by atoms with E-state index in [9.17, 15) is 4.39 Å². The van der Waals surface area contributed by atoms with Gasteiger partial charge in [-0.05, 0) is 110 Å². The third kappa shape index (κ3) is 4.15. The molecule has 148 valence electrons. The zero-order valence-electron chi connectivity index (χ0n) is 16.7. The van der Waals surface area contributed by atoms with Crippen molar-refractivity contribution in [1.29, 1.82) is 0 Å². The van der Waals surface area contributed by atoms with Crippen molar-refractivity contribution in [3.63, 3.8) is 0 Å². The van der Waals surface area contributed by atoms with E-state index in [1.54, 1.807) is 6.08 Å². The Morgan fingerprint density at radius 1 is 1.00 bits per heavy atom. The molecular weight excluding hydrogens is 338 g/mol. The summed E-state index contributed by atoms with van der Waals surface area (Å²) < 4.78 is 27.5. The second kappa shape index (κ2) is 8.45. The van der Waals surface area contributed by atoms with Crippen LogP contribution in [0.1, 0.15) is 87.3 Å². The molecule has 4 rings (SSSR count). The molecule has 0 N–H and O–H groups in total. The molecule has 0 spiro atoms. The van der Waals surface area contributed by atoms with E-state index in [0.29, 0.717) is 23.7 Å². The molecule has 1 aromatic rings. The summed E-state index contributed by atoms with van der Waals surface area (Å²) in [5, 5.41) is 0. The first-order valence-corrected chi connectivity index (χ1v) is 11.3. The van der Waals surface area contributed by atoms with Gasteiger partial charge >= 0.3 is 0 Å². The number of allylic oxidation sites excluding steroid dienone is 1. The van der Waals surface area contributed by atoms with Crippen molar-refractivity contribution in [1.82, 2.24) is 0 Å². The Hall–Kier alpha value is -1.18. The Balaban J connectivity index is 1.46. The normalized spacial score (nSPS) is 33.7. The van der Waals surface area contributed by atoms with Crippen molar-refractivity contribution in [2.45, 2.75) is 83.5 Å². The standard InChI is InChI=1S/C25H34F2/c1-2-3-17-4-7-21-15-24(25(27)16-23(21)13-17)22-9-8-19-12-18(10-11-26)5-6-20(19)14-22/h10-11,15-20,22H,2-9,12-14H2,1H3/b11-10+. The summed E-state index contributed by atoms with van der Waals surface area (Å²) in [6, 6.07) is 4.11. The number of halogens is 2. The highest BCUT2D eigenvalue weighted by atomic mass is 19.1. The molecule has 0 heterocycles. The zero-order valence-corrected chi connectivity index (χ0v) is 16.7. The Labute approximate surface area is 163 Å². The molecule has 0 bridgehead atoms. The third-order valence-electron chi connectivity index (χ3n) is 7.78. The molecule has 1 aromatic carbocycles. The van der Waals surface area contributed by atoms with Crippen LogP contribution in [0.2, 0.25) is 0 Å². The van der Waals surface area contributed by atoms with Crippen LogP contribution in [0.25, 0.3) is 0 Å². The minimum atomic E-state index is 0.0448. The largest absolute Gasteiger partial charge is 0.216 e. The molecule has 0 aromatic heterocycles. The first-order chi connectivity index (χ1) is 13.2. The molecule has 2 fully saturated rings. The summed E-state index contributed by atoms with van der Waals surface area (Å²) in [6.07, 6.45) is 15.3.